The summed E-state index contributed by atoms with van der Waals surface area (Å²) >= 11 is 0. The predicted octanol–water partition coefficient (Wildman–Crippen LogP) is 3.49. The van der Waals surface area contributed by atoms with E-state index in [4.69, 9.17) is 5.73 Å². The van der Waals surface area contributed by atoms with E-state index >= 15 is 0 Å². The molecule has 0 aliphatic heterocycles. The molecule has 0 fully saturated rings. The number of aryl methyl sites for hydroxylation is 2. The van der Waals surface area contributed by atoms with Crippen LogP contribution in [0.3, 0.4) is 0 Å². The number of fused-ring (bicyclic) bond motifs is 3. The third-order valence-electron chi connectivity index (χ3n) is 5.04. The highest BCUT2D eigenvalue weighted by Gasteiger charge is 2.19. The van der Waals surface area contributed by atoms with Crippen molar-refractivity contribution in [2.75, 3.05) is 0 Å². The number of ketones is 1. The van der Waals surface area contributed by atoms with Crippen LogP contribution in [-0.2, 0) is 14.1 Å². The largest absolute Gasteiger partial charge is 0.404 e. The van der Waals surface area contributed by atoms with E-state index in [1.54, 1.807) is 41.9 Å². The van der Waals surface area contributed by atoms with Gasteiger partial charge in [-0.15, -0.1) is 0 Å². The average molecular weight is 375 g/mol. The molecule has 0 saturated heterocycles. The van der Waals surface area contributed by atoms with Gasteiger partial charge in [0.25, 0.3) is 5.56 Å². The van der Waals surface area contributed by atoms with Crippen LogP contribution < -0.4 is 11.3 Å². The second-order valence-corrected chi connectivity index (χ2v) is 6.65. The maximum Gasteiger partial charge on any atom is 0.259 e. The molecule has 28 heavy (non-hydrogen) atoms. The summed E-state index contributed by atoms with van der Waals surface area (Å²) in [6.07, 6.45) is 2.53. The van der Waals surface area contributed by atoms with E-state index in [1.807, 2.05) is 17.7 Å². The quantitative estimate of drug-likeness (QED) is 0.440. The Labute approximate surface area is 160 Å². The smallest absolute Gasteiger partial charge is 0.259 e. The molecule has 4 rings (SSSR count). The summed E-state index contributed by atoms with van der Waals surface area (Å²) in [6, 6.07) is 13.0. The van der Waals surface area contributed by atoms with Crippen LogP contribution >= 0.6 is 0 Å². The Morgan fingerprint density at radius 2 is 1.79 bits per heavy atom. The van der Waals surface area contributed by atoms with Crippen LogP contribution in [0.2, 0.25) is 0 Å². The second kappa shape index (κ2) is 6.49. The highest BCUT2D eigenvalue weighted by Crippen LogP contribution is 2.32. The molecular formula is C22H18FN3O2. The zero-order valence-corrected chi connectivity index (χ0v) is 15.4. The molecule has 0 amide bonds. The first-order valence-corrected chi connectivity index (χ1v) is 8.73. The number of carbonyl (C=O) groups is 1. The molecule has 2 aromatic carbocycles. The fraction of sp³-hybridized carbons (Fsp3) is 0.0909. The lowest BCUT2D eigenvalue weighted by atomic mass is 10.0. The summed E-state index contributed by atoms with van der Waals surface area (Å²) in [4.78, 5) is 25.5. The lowest BCUT2D eigenvalue weighted by molar-refractivity contribution is 0.104. The van der Waals surface area contributed by atoms with Gasteiger partial charge in [0.2, 0.25) is 0 Å². The number of halogens is 1. The molecule has 2 heterocycles. The maximum absolute atomic E-state index is 13.3. The molecule has 2 aromatic heterocycles. The summed E-state index contributed by atoms with van der Waals surface area (Å²) in [6.45, 7) is 0. The van der Waals surface area contributed by atoms with Crippen LogP contribution in [0, 0.1) is 5.82 Å². The van der Waals surface area contributed by atoms with Crippen molar-refractivity contribution in [1.82, 2.24) is 9.13 Å². The minimum Gasteiger partial charge on any atom is -0.404 e. The standard InChI is InChI=1S/C22H18FN3O2/c1-25-18-5-3-4-15(19(27)10-11-24)20(18)17-12-16(22(28)26(2)21(17)25)13-6-8-14(23)9-7-13/h3-12H,24H2,1-2H3. The Balaban J connectivity index is 2.16. The zero-order chi connectivity index (χ0) is 20.0. The number of rotatable bonds is 3. The van der Waals surface area contributed by atoms with Crippen molar-refractivity contribution in [3.8, 4) is 11.1 Å². The number of nitrogens with two attached hydrogens (primary N) is 1. The van der Waals surface area contributed by atoms with Crippen LogP contribution in [0.4, 0.5) is 4.39 Å². The first kappa shape index (κ1) is 17.7. The van der Waals surface area contributed by atoms with Crippen molar-refractivity contribution < 1.29 is 9.18 Å². The number of carbonyl (C=O) groups excluding carboxylic acids is 1. The monoisotopic (exact) mass is 375 g/mol. The van der Waals surface area contributed by atoms with Gasteiger partial charge in [-0.25, -0.2) is 4.39 Å². The van der Waals surface area contributed by atoms with Crippen molar-refractivity contribution in [2.24, 2.45) is 19.8 Å². The molecule has 0 bridgehead atoms. The molecule has 0 unspecified atom stereocenters. The minimum atomic E-state index is -0.367. The molecule has 140 valence electrons. The number of hydrogen-bond donors (Lipinski definition) is 1. The molecule has 6 heteroatoms. The molecule has 2 N–H and O–H groups in total. The number of aromatic nitrogens is 2. The van der Waals surface area contributed by atoms with Crippen molar-refractivity contribution in [3.63, 3.8) is 0 Å². The van der Waals surface area contributed by atoms with Gasteiger partial charge in [0.05, 0.1) is 5.52 Å². The third kappa shape index (κ3) is 2.53. The van der Waals surface area contributed by atoms with Gasteiger partial charge >= 0.3 is 0 Å². The molecule has 0 atom stereocenters. The summed E-state index contributed by atoms with van der Waals surface area (Å²) < 4.78 is 16.8. The van der Waals surface area contributed by atoms with E-state index in [0.717, 1.165) is 16.3 Å². The normalized spacial score (nSPS) is 11.7. The first-order chi connectivity index (χ1) is 13.4. The SMILES string of the molecule is Cn1c(=O)c(-c2ccc(F)cc2)cc2c3c(C(=O)C=CN)cccc3n(C)c21. The summed E-state index contributed by atoms with van der Waals surface area (Å²) in [5.41, 5.74) is 8.30. The van der Waals surface area contributed by atoms with E-state index in [1.165, 1.54) is 24.4 Å². The van der Waals surface area contributed by atoms with E-state index in [-0.39, 0.29) is 17.2 Å². The Hall–Kier alpha value is -3.67. The summed E-state index contributed by atoms with van der Waals surface area (Å²) in [5, 5.41) is 1.52. The van der Waals surface area contributed by atoms with Gasteiger partial charge in [0, 0.05) is 42.1 Å². The zero-order valence-electron chi connectivity index (χ0n) is 15.4. The van der Waals surface area contributed by atoms with Gasteiger partial charge in [0.1, 0.15) is 11.5 Å². The number of nitrogens with zero attached hydrogens (tertiary/aromatic N) is 2. The van der Waals surface area contributed by atoms with E-state index in [2.05, 4.69) is 0 Å². The molecule has 0 aliphatic rings. The van der Waals surface area contributed by atoms with Gasteiger partial charge in [0.15, 0.2) is 5.78 Å². The van der Waals surface area contributed by atoms with Gasteiger partial charge in [-0.1, -0.05) is 24.3 Å². The Morgan fingerprint density at radius 1 is 1.07 bits per heavy atom. The van der Waals surface area contributed by atoms with Crippen LogP contribution in [0.15, 0.2) is 65.6 Å². The third-order valence-corrected chi connectivity index (χ3v) is 5.04. The predicted molar refractivity (Wildman–Crippen MR) is 109 cm³/mol. The van der Waals surface area contributed by atoms with Crippen LogP contribution in [0.25, 0.3) is 33.1 Å². The second-order valence-electron chi connectivity index (χ2n) is 6.65. The molecule has 0 spiro atoms. The summed E-state index contributed by atoms with van der Waals surface area (Å²) in [7, 11) is 3.55. The molecule has 0 saturated carbocycles. The van der Waals surface area contributed by atoms with Gasteiger partial charge < -0.3 is 10.3 Å². The Bertz CT molecular complexity index is 1330. The van der Waals surface area contributed by atoms with E-state index < -0.39 is 0 Å². The number of benzene rings is 2. The van der Waals surface area contributed by atoms with Crippen LogP contribution in [0.1, 0.15) is 10.4 Å². The van der Waals surface area contributed by atoms with Crippen LogP contribution in [-0.4, -0.2) is 14.9 Å². The Kier molecular flexibility index (Phi) is 4.11. The van der Waals surface area contributed by atoms with E-state index in [0.29, 0.717) is 22.3 Å². The molecule has 0 aliphatic carbocycles. The van der Waals surface area contributed by atoms with Crippen molar-refractivity contribution >= 4 is 27.7 Å². The average Bonchev–Trinajstić information content (AvgIpc) is 2.98. The van der Waals surface area contributed by atoms with Gasteiger partial charge in [-0.05, 0) is 36.0 Å². The molecule has 4 aromatic rings. The fourth-order valence-corrected chi connectivity index (χ4v) is 3.75. The number of allylic oxidation sites excluding steroid dienone is 1. The molecule has 5 nitrogen and oxygen atoms in total. The maximum atomic E-state index is 13.3. The topological polar surface area (TPSA) is 70.0 Å². The molecular weight excluding hydrogens is 357 g/mol. The van der Waals surface area contributed by atoms with Gasteiger partial charge in [-0.2, -0.15) is 0 Å². The number of hydrogen-bond acceptors (Lipinski definition) is 3. The highest BCUT2D eigenvalue weighted by molar-refractivity contribution is 6.21. The van der Waals surface area contributed by atoms with Crippen LogP contribution in [0.5, 0.6) is 0 Å². The minimum absolute atomic E-state index is 0.195. The first-order valence-electron chi connectivity index (χ1n) is 8.73. The molecule has 0 radical (unpaired) electrons. The lowest BCUT2D eigenvalue weighted by Crippen LogP contribution is -2.20. The fourth-order valence-electron chi connectivity index (χ4n) is 3.75. The van der Waals surface area contributed by atoms with E-state index in [9.17, 15) is 14.0 Å². The van der Waals surface area contributed by atoms with Gasteiger partial charge in [-0.3, -0.25) is 14.2 Å². The summed E-state index contributed by atoms with van der Waals surface area (Å²) in [5.74, 6) is -0.578. The van der Waals surface area contributed by atoms with Crippen molar-refractivity contribution in [3.05, 3.63) is 82.5 Å². The lowest BCUT2D eigenvalue weighted by Gasteiger charge is -2.08. The van der Waals surface area contributed by atoms with Crippen molar-refractivity contribution in [1.29, 1.82) is 0 Å². The Morgan fingerprint density at radius 3 is 2.46 bits per heavy atom. The number of pyridine rings is 1. The van der Waals surface area contributed by atoms with Crippen molar-refractivity contribution in [2.45, 2.75) is 0 Å². The highest BCUT2D eigenvalue weighted by atomic mass is 19.1.